The van der Waals surface area contributed by atoms with Crippen LogP contribution < -0.4 is 25.9 Å². The minimum Gasteiger partial charge on any atom is -0.480 e. The number of hydrogen-bond acceptors (Lipinski definition) is 9. The molecule has 9 nitrogen and oxygen atoms in total. The molecule has 27 heavy (non-hydrogen) atoms. The molecule has 0 aromatic heterocycles. The standard InChI is InChI=1S/C17H20N6O3S/c1-11(16(24)25)19-13-5-3-7-15(9-13)26-10-18-12-4-2-6-14(8-12)23-17(27)20-21-22-23/h2-9,11,17-19,27H,10H2,1H3,(H,20,22)(H,24,25). The van der Waals surface area contributed by atoms with Gasteiger partial charge in [-0.3, -0.25) is 4.79 Å². The molecule has 3 rings (SSSR count). The first kappa shape index (κ1) is 18.6. The number of nitrogens with zero attached hydrogens (tertiary/aromatic N) is 3. The van der Waals surface area contributed by atoms with Crippen molar-refractivity contribution < 1.29 is 14.6 Å². The third-order valence-corrected chi connectivity index (χ3v) is 4.11. The van der Waals surface area contributed by atoms with Crippen LogP contribution in [0.3, 0.4) is 0 Å². The van der Waals surface area contributed by atoms with Crippen LogP contribution in [0, 0.1) is 0 Å². The fourth-order valence-electron chi connectivity index (χ4n) is 2.38. The maximum absolute atomic E-state index is 10.9. The summed E-state index contributed by atoms with van der Waals surface area (Å²) in [5.74, 6) is -0.296. The molecule has 0 radical (unpaired) electrons. The lowest BCUT2D eigenvalue weighted by atomic mass is 10.2. The van der Waals surface area contributed by atoms with E-state index in [1.807, 2.05) is 24.3 Å². The van der Waals surface area contributed by atoms with Crippen LogP contribution in [0.2, 0.25) is 0 Å². The Balaban J connectivity index is 1.55. The summed E-state index contributed by atoms with van der Waals surface area (Å²) in [7, 11) is 0. The zero-order chi connectivity index (χ0) is 19.2. The van der Waals surface area contributed by atoms with Crippen molar-refractivity contribution in [3.8, 4) is 5.75 Å². The highest BCUT2D eigenvalue weighted by atomic mass is 32.1. The van der Waals surface area contributed by atoms with Gasteiger partial charge in [-0.15, -0.1) is 17.7 Å². The molecule has 1 heterocycles. The van der Waals surface area contributed by atoms with Crippen LogP contribution in [-0.2, 0) is 4.79 Å². The summed E-state index contributed by atoms with van der Waals surface area (Å²) in [6.45, 7) is 1.82. The molecule has 0 fully saturated rings. The lowest BCUT2D eigenvalue weighted by Gasteiger charge is -2.20. The van der Waals surface area contributed by atoms with Crippen LogP contribution in [0.1, 0.15) is 6.92 Å². The number of anilines is 3. The zero-order valence-corrected chi connectivity index (χ0v) is 15.4. The molecule has 2 aromatic rings. The molecule has 2 unspecified atom stereocenters. The Bertz CT molecular complexity index is 834. The zero-order valence-electron chi connectivity index (χ0n) is 14.5. The van der Waals surface area contributed by atoms with Crippen molar-refractivity contribution in [2.45, 2.75) is 18.5 Å². The van der Waals surface area contributed by atoms with E-state index in [2.05, 4.69) is 39.1 Å². The molecule has 0 saturated heterocycles. The van der Waals surface area contributed by atoms with Crippen LogP contribution in [-0.4, -0.2) is 29.3 Å². The molecule has 0 aliphatic carbocycles. The van der Waals surface area contributed by atoms with E-state index in [0.29, 0.717) is 11.4 Å². The molecule has 0 saturated carbocycles. The van der Waals surface area contributed by atoms with Crippen LogP contribution in [0.25, 0.3) is 0 Å². The SMILES string of the molecule is CC(Nc1cccc(OCNc2cccc(N3NN=NC3S)c2)c1)C(=O)O. The van der Waals surface area contributed by atoms with Crippen molar-refractivity contribution in [3.63, 3.8) is 0 Å². The summed E-state index contributed by atoms with van der Waals surface area (Å²) in [6, 6.07) is 14.1. The first-order valence-corrected chi connectivity index (χ1v) is 8.73. The number of carboxylic acid groups (broad SMARTS) is 1. The van der Waals surface area contributed by atoms with Gasteiger partial charge in [-0.25, -0.2) is 5.01 Å². The summed E-state index contributed by atoms with van der Waals surface area (Å²) in [4.78, 5) is 10.9. The highest BCUT2D eigenvalue weighted by Crippen LogP contribution is 2.24. The molecule has 0 spiro atoms. The number of carboxylic acids is 1. The Kier molecular flexibility index (Phi) is 5.87. The van der Waals surface area contributed by atoms with E-state index in [4.69, 9.17) is 9.84 Å². The van der Waals surface area contributed by atoms with Crippen molar-refractivity contribution in [3.05, 3.63) is 48.5 Å². The van der Waals surface area contributed by atoms with Crippen molar-refractivity contribution >= 4 is 35.7 Å². The van der Waals surface area contributed by atoms with Gasteiger partial charge in [0.25, 0.3) is 0 Å². The van der Waals surface area contributed by atoms with Gasteiger partial charge < -0.3 is 20.5 Å². The number of benzene rings is 2. The lowest BCUT2D eigenvalue weighted by Crippen LogP contribution is -2.34. The average Bonchev–Trinajstić information content (AvgIpc) is 3.08. The van der Waals surface area contributed by atoms with Gasteiger partial charge in [-0.2, -0.15) is 5.53 Å². The summed E-state index contributed by atoms with van der Waals surface area (Å²) in [5.41, 5.74) is 4.79. The van der Waals surface area contributed by atoms with Crippen LogP contribution in [0.15, 0.2) is 58.9 Å². The van der Waals surface area contributed by atoms with Gasteiger partial charge in [0.1, 0.15) is 11.8 Å². The second-order valence-corrected chi connectivity index (χ2v) is 6.24. The Morgan fingerprint density at radius 1 is 1.33 bits per heavy atom. The van der Waals surface area contributed by atoms with Gasteiger partial charge in [0.05, 0.1) is 5.69 Å². The van der Waals surface area contributed by atoms with Crippen molar-refractivity contribution in [2.75, 3.05) is 22.4 Å². The van der Waals surface area contributed by atoms with Crippen molar-refractivity contribution in [1.82, 2.24) is 5.53 Å². The summed E-state index contributed by atoms with van der Waals surface area (Å²) >= 11 is 4.31. The molecule has 10 heteroatoms. The number of carbonyl (C=O) groups is 1. The highest BCUT2D eigenvalue weighted by molar-refractivity contribution is 7.81. The normalized spacial score (nSPS) is 16.5. The number of rotatable bonds is 8. The smallest absolute Gasteiger partial charge is 0.325 e. The van der Waals surface area contributed by atoms with E-state index in [0.717, 1.165) is 11.4 Å². The average molecular weight is 388 g/mol. The topological polar surface area (TPSA) is 111 Å². The lowest BCUT2D eigenvalue weighted by molar-refractivity contribution is -0.137. The first-order chi connectivity index (χ1) is 13.0. The Morgan fingerprint density at radius 2 is 2.11 bits per heavy atom. The third-order valence-electron chi connectivity index (χ3n) is 3.77. The van der Waals surface area contributed by atoms with Gasteiger partial charge >= 0.3 is 5.97 Å². The predicted molar refractivity (Wildman–Crippen MR) is 106 cm³/mol. The minimum absolute atomic E-state index is 0.244. The first-order valence-electron chi connectivity index (χ1n) is 8.22. The fourth-order valence-corrected chi connectivity index (χ4v) is 2.61. The number of nitrogens with one attached hydrogen (secondary N) is 3. The van der Waals surface area contributed by atoms with Gasteiger partial charge in [-0.1, -0.05) is 17.4 Å². The highest BCUT2D eigenvalue weighted by Gasteiger charge is 2.19. The summed E-state index contributed by atoms with van der Waals surface area (Å²) < 4.78 is 5.70. The number of hydrogen-bond donors (Lipinski definition) is 5. The molecule has 1 aliphatic heterocycles. The van der Waals surface area contributed by atoms with Gasteiger partial charge in [-0.05, 0) is 37.3 Å². The number of aliphatic carboxylic acids is 1. The van der Waals surface area contributed by atoms with E-state index in [9.17, 15) is 4.79 Å². The summed E-state index contributed by atoms with van der Waals surface area (Å²) in [5, 5.41) is 24.4. The predicted octanol–water partition coefficient (Wildman–Crippen LogP) is 2.93. The molecule has 142 valence electrons. The molecule has 2 atom stereocenters. The number of thiol groups is 1. The van der Waals surface area contributed by atoms with Gasteiger partial charge in [0, 0.05) is 17.4 Å². The van der Waals surface area contributed by atoms with Crippen LogP contribution >= 0.6 is 12.6 Å². The molecular weight excluding hydrogens is 368 g/mol. The van der Waals surface area contributed by atoms with E-state index < -0.39 is 12.0 Å². The fraction of sp³-hybridized carbons (Fsp3) is 0.235. The molecule has 0 bridgehead atoms. The summed E-state index contributed by atoms with van der Waals surface area (Å²) in [6.07, 6.45) is 0. The second-order valence-electron chi connectivity index (χ2n) is 5.78. The van der Waals surface area contributed by atoms with Gasteiger partial charge in [0.2, 0.25) is 5.50 Å². The molecule has 0 amide bonds. The third kappa shape index (κ3) is 4.94. The minimum atomic E-state index is -0.917. The Hall–Kier alpha value is -3.14. The van der Waals surface area contributed by atoms with Gasteiger partial charge in [0.15, 0.2) is 6.73 Å². The maximum atomic E-state index is 10.9. The molecule has 4 N–H and O–H groups in total. The molecule has 1 aliphatic rings. The maximum Gasteiger partial charge on any atom is 0.325 e. The van der Waals surface area contributed by atoms with E-state index in [-0.39, 0.29) is 12.2 Å². The number of hydrazine groups is 1. The largest absolute Gasteiger partial charge is 0.480 e. The van der Waals surface area contributed by atoms with Crippen molar-refractivity contribution in [1.29, 1.82) is 0 Å². The Labute approximate surface area is 161 Å². The monoisotopic (exact) mass is 388 g/mol. The van der Waals surface area contributed by atoms with Crippen molar-refractivity contribution in [2.24, 2.45) is 10.3 Å². The van der Waals surface area contributed by atoms with Crippen LogP contribution in [0.4, 0.5) is 17.1 Å². The quantitative estimate of drug-likeness (QED) is 0.349. The Morgan fingerprint density at radius 3 is 2.85 bits per heavy atom. The van der Waals surface area contributed by atoms with Crippen LogP contribution in [0.5, 0.6) is 5.75 Å². The van der Waals surface area contributed by atoms with E-state index in [1.54, 1.807) is 36.2 Å². The molecular formula is C17H20N6O3S. The number of ether oxygens (including phenoxy) is 1. The van der Waals surface area contributed by atoms with E-state index in [1.165, 1.54) is 0 Å². The molecule has 2 aromatic carbocycles. The van der Waals surface area contributed by atoms with E-state index >= 15 is 0 Å². The second kappa shape index (κ2) is 8.49.